The molecule has 186 valence electrons. The summed E-state index contributed by atoms with van der Waals surface area (Å²) >= 11 is 5.58. The minimum atomic E-state index is -4.65. The van der Waals surface area contributed by atoms with Crippen molar-refractivity contribution in [2.24, 2.45) is 0 Å². The fourth-order valence-electron chi connectivity index (χ4n) is 2.84. The molecule has 35 heavy (non-hydrogen) atoms. The summed E-state index contributed by atoms with van der Waals surface area (Å²) in [6, 6.07) is 9.89. The van der Waals surface area contributed by atoms with E-state index in [9.17, 15) is 28.2 Å². The van der Waals surface area contributed by atoms with Crippen LogP contribution < -0.4 is 20.3 Å². The van der Waals surface area contributed by atoms with Gasteiger partial charge in [0.15, 0.2) is 6.23 Å². The van der Waals surface area contributed by atoms with E-state index in [4.69, 9.17) is 16.3 Å². The van der Waals surface area contributed by atoms with Gasteiger partial charge in [-0.3, -0.25) is 0 Å². The first-order valence-corrected chi connectivity index (χ1v) is 10.5. The highest BCUT2D eigenvalue weighted by Gasteiger charge is 2.33. The zero-order valence-electron chi connectivity index (χ0n) is 18.4. The van der Waals surface area contributed by atoms with Crippen molar-refractivity contribution in [1.82, 2.24) is 9.97 Å². The van der Waals surface area contributed by atoms with E-state index in [-0.39, 0.29) is 17.5 Å². The third-order valence-electron chi connectivity index (χ3n) is 4.63. The molecule has 4 N–H and O–H groups in total. The number of amides is 2. The van der Waals surface area contributed by atoms with Gasteiger partial charge in [-0.05, 0) is 49.4 Å². The van der Waals surface area contributed by atoms with Crippen LogP contribution >= 0.6 is 11.6 Å². The molecule has 3 aromatic rings. The minimum absolute atomic E-state index is 0.0792. The Hall–Kier alpha value is -3.61. The highest BCUT2D eigenvalue weighted by Crippen LogP contribution is 2.36. The summed E-state index contributed by atoms with van der Waals surface area (Å²) in [5, 5.41) is 23.8. The standard InChI is InChI=1S/C22H21ClF3N5O4/c1-12(32)19(33)31(2)20-27-10-9-18(30-20)35-15-6-3-13(4-7-15)28-21(34)29-14-5-8-17(23)16(11-14)22(24,25)26/h3-12,19,32-33H,1-2H3,(H2,28,29,34)/t12-,19-/m1/s1. The third kappa shape index (κ3) is 6.94. The van der Waals surface area contributed by atoms with E-state index in [0.29, 0.717) is 11.4 Å². The van der Waals surface area contributed by atoms with Crippen LogP contribution in [0.1, 0.15) is 12.5 Å². The monoisotopic (exact) mass is 511 g/mol. The van der Waals surface area contributed by atoms with Gasteiger partial charge in [-0.2, -0.15) is 18.2 Å². The number of anilines is 3. The molecule has 0 aliphatic rings. The molecule has 0 bridgehead atoms. The van der Waals surface area contributed by atoms with Gasteiger partial charge in [-0.25, -0.2) is 9.78 Å². The van der Waals surface area contributed by atoms with Crippen molar-refractivity contribution in [2.45, 2.75) is 25.4 Å². The van der Waals surface area contributed by atoms with Gasteiger partial charge >= 0.3 is 12.2 Å². The van der Waals surface area contributed by atoms with Crippen LogP contribution in [0.5, 0.6) is 11.6 Å². The van der Waals surface area contributed by atoms with Crippen molar-refractivity contribution in [2.75, 3.05) is 22.6 Å². The predicted molar refractivity (Wildman–Crippen MR) is 124 cm³/mol. The number of likely N-dealkylation sites (N-methyl/N-ethyl adjacent to an activating group) is 1. The number of nitrogens with zero attached hydrogens (tertiary/aromatic N) is 3. The topological polar surface area (TPSA) is 120 Å². The zero-order valence-corrected chi connectivity index (χ0v) is 19.2. The largest absolute Gasteiger partial charge is 0.439 e. The van der Waals surface area contributed by atoms with Crippen LogP contribution in [0.4, 0.5) is 35.3 Å². The number of benzene rings is 2. The Morgan fingerprint density at radius 2 is 1.71 bits per heavy atom. The van der Waals surface area contributed by atoms with E-state index in [2.05, 4.69) is 20.6 Å². The molecule has 0 fully saturated rings. The van der Waals surface area contributed by atoms with Crippen LogP contribution in [0.2, 0.25) is 5.02 Å². The summed E-state index contributed by atoms with van der Waals surface area (Å²) in [6.45, 7) is 1.42. The number of urea groups is 1. The highest BCUT2D eigenvalue weighted by atomic mass is 35.5. The molecule has 0 unspecified atom stereocenters. The number of aromatic nitrogens is 2. The Labute approximate surface area is 203 Å². The molecule has 1 aromatic heterocycles. The van der Waals surface area contributed by atoms with E-state index in [1.54, 1.807) is 0 Å². The number of aliphatic hydroxyl groups excluding tert-OH is 2. The van der Waals surface area contributed by atoms with Crippen molar-refractivity contribution >= 4 is 35.0 Å². The van der Waals surface area contributed by atoms with Gasteiger partial charge in [-0.15, -0.1) is 0 Å². The second-order valence-corrected chi connectivity index (χ2v) is 7.77. The number of hydrogen-bond acceptors (Lipinski definition) is 7. The van der Waals surface area contributed by atoms with Gasteiger partial charge in [-0.1, -0.05) is 11.6 Å². The molecule has 9 nitrogen and oxygen atoms in total. The van der Waals surface area contributed by atoms with Crippen molar-refractivity contribution in [3.05, 3.63) is 65.3 Å². The van der Waals surface area contributed by atoms with Crippen molar-refractivity contribution < 1.29 is 32.9 Å². The number of rotatable bonds is 7. The number of alkyl halides is 3. The Bertz CT molecular complexity index is 1180. The highest BCUT2D eigenvalue weighted by molar-refractivity contribution is 6.31. The fourth-order valence-corrected chi connectivity index (χ4v) is 3.07. The first-order chi connectivity index (χ1) is 16.4. The molecule has 3 rings (SSSR count). The van der Waals surface area contributed by atoms with Crippen LogP contribution in [0.3, 0.4) is 0 Å². The Balaban J connectivity index is 1.62. The van der Waals surface area contributed by atoms with Crippen molar-refractivity contribution in [3.8, 4) is 11.6 Å². The van der Waals surface area contributed by atoms with Crippen LogP contribution in [0, 0.1) is 0 Å². The van der Waals surface area contributed by atoms with Gasteiger partial charge < -0.3 is 30.5 Å². The van der Waals surface area contributed by atoms with E-state index >= 15 is 0 Å². The molecule has 0 aliphatic heterocycles. The smallest absolute Gasteiger partial charge is 0.417 e. The molecular formula is C22H21ClF3N5O4. The summed E-state index contributed by atoms with van der Waals surface area (Å²) in [4.78, 5) is 21.7. The van der Waals surface area contributed by atoms with Crippen molar-refractivity contribution in [1.29, 1.82) is 0 Å². The molecule has 2 aromatic carbocycles. The summed E-state index contributed by atoms with van der Waals surface area (Å²) in [5.41, 5.74) is -0.787. The van der Waals surface area contributed by atoms with E-state index < -0.39 is 35.1 Å². The molecule has 0 spiro atoms. The average Bonchev–Trinajstić information content (AvgIpc) is 2.80. The van der Waals surface area contributed by atoms with Gasteiger partial charge in [0.2, 0.25) is 11.8 Å². The Kier molecular flexibility index (Phi) is 7.99. The first-order valence-electron chi connectivity index (χ1n) is 10.1. The van der Waals surface area contributed by atoms with Gasteiger partial charge in [0, 0.05) is 30.7 Å². The molecule has 0 aliphatic carbocycles. The second kappa shape index (κ2) is 10.8. The summed E-state index contributed by atoms with van der Waals surface area (Å²) < 4.78 is 44.6. The van der Waals surface area contributed by atoms with E-state index in [1.165, 1.54) is 61.5 Å². The Morgan fingerprint density at radius 1 is 1.09 bits per heavy atom. The second-order valence-electron chi connectivity index (χ2n) is 7.36. The predicted octanol–water partition coefficient (Wildman–Crippen LogP) is 4.72. The lowest BCUT2D eigenvalue weighted by Crippen LogP contribution is -2.40. The number of aliphatic hydroxyl groups is 2. The van der Waals surface area contributed by atoms with Crippen LogP contribution in [-0.4, -0.2) is 45.6 Å². The lowest BCUT2D eigenvalue weighted by molar-refractivity contribution is -0.137. The van der Waals surface area contributed by atoms with Crippen LogP contribution in [0.15, 0.2) is 54.7 Å². The molecule has 13 heteroatoms. The molecule has 2 amide bonds. The molecule has 2 atom stereocenters. The lowest BCUT2D eigenvalue weighted by Gasteiger charge is -2.25. The first kappa shape index (κ1) is 26.0. The van der Waals surface area contributed by atoms with Crippen LogP contribution in [-0.2, 0) is 6.18 Å². The summed E-state index contributed by atoms with van der Waals surface area (Å²) in [5.74, 6) is 0.662. The number of ether oxygens (including phenoxy) is 1. The summed E-state index contributed by atoms with van der Waals surface area (Å²) in [6.07, 6.45) is -5.48. The number of nitrogens with one attached hydrogen (secondary N) is 2. The average molecular weight is 512 g/mol. The van der Waals surface area contributed by atoms with E-state index in [0.717, 1.165) is 12.1 Å². The maximum absolute atomic E-state index is 13.0. The molecule has 0 saturated carbocycles. The SMILES string of the molecule is C[C@@H](O)[C@@H](O)N(C)c1nccc(Oc2ccc(NC(=O)Nc3ccc(Cl)c(C(F)(F)F)c3)cc2)n1. The molecule has 0 radical (unpaired) electrons. The summed E-state index contributed by atoms with van der Waals surface area (Å²) in [7, 11) is 1.51. The van der Waals surface area contributed by atoms with Crippen LogP contribution in [0.25, 0.3) is 0 Å². The fraction of sp³-hybridized carbons (Fsp3) is 0.227. The molecule has 0 saturated heterocycles. The number of hydrogen-bond donors (Lipinski definition) is 4. The minimum Gasteiger partial charge on any atom is -0.439 e. The van der Waals surface area contributed by atoms with Gasteiger partial charge in [0.25, 0.3) is 0 Å². The van der Waals surface area contributed by atoms with Gasteiger partial charge in [0.05, 0.1) is 16.7 Å². The number of halogens is 4. The maximum Gasteiger partial charge on any atom is 0.417 e. The van der Waals surface area contributed by atoms with E-state index in [1.807, 2.05) is 0 Å². The lowest BCUT2D eigenvalue weighted by atomic mass is 10.2. The molecular weight excluding hydrogens is 491 g/mol. The number of carbonyl (C=O) groups excluding carboxylic acids is 1. The molecule has 1 heterocycles. The quantitative estimate of drug-likeness (QED) is 0.339. The Morgan fingerprint density at radius 3 is 2.34 bits per heavy atom. The van der Waals surface area contributed by atoms with Gasteiger partial charge in [0.1, 0.15) is 5.75 Å². The maximum atomic E-state index is 13.0. The third-order valence-corrected chi connectivity index (χ3v) is 4.95. The normalized spacial score (nSPS) is 13.0. The number of carbonyl (C=O) groups is 1. The zero-order chi connectivity index (χ0) is 25.8. The van der Waals surface area contributed by atoms with Crippen molar-refractivity contribution in [3.63, 3.8) is 0 Å².